The van der Waals surface area contributed by atoms with Crippen molar-refractivity contribution < 1.29 is 23.9 Å². The number of nitrogens with two attached hydrogens (primary N) is 1. The Morgan fingerprint density at radius 3 is 2.58 bits per heavy atom. The Hall–Kier alpha value is -3.07. The van der Waals surface area contributed by atoms with Crippen LogP contribution in [0.4, 0.5) is 9.80 Å². The molecule has 0 saturated heterocycles. The monoisotopic (exact) mass is 445 g/mol. The summed E-state index contributed by atoms with van der Waals surface area (Å²) in [7, 11) is 1.33. The average Bonchev–Trinajstić information content (AvgIpc) is 3.13. The lowest BCUT2D eigenvalue weighted by molar-refractivity contribution is 0.0999. The Balaban J connectivity index is 1.72. The van der Waals surface area contributed by atoms with Gasteiger partial charge in [-0.2, -0.15) is 0 Å². The Morgan fingerprint density at radius 1 is 1.19 bits per heavy atom. The maximum atomic E-state index is 12.7. The minimum absolute atomic E-state index is 0.312. The molecule has 3 N–H and O–H groups in total. The van der Waals surface area contributed by atoms with Gasteiger partial charge in [-0.3, -0.25) is 9.59 Å². The molecule has 0 saturated carbocycles. The number of nitrogens with one attached hydrogen (secondary N) is 1. The number of hydrogen-bond acceptors (Lipinski definition) is 6. The van der Waals surface area contributed by atoms with E-state index in [4.69, 9.17) is 15.2 Å². The van der Waals surface area contributed by atoms with E-state index in [0.717, 1.165) is 29.7 Å². The zero-order chi connectivity index (χ0) is 22.4. The molecular weight excluding hydrogens is 418 g/mol. The van der Waals surface area contributed by atoms with Crippen LogP contribution in [-0.4, -0.2) is 43.1 Å². The van der Waals surface area contributed by atoms with Crippen molar-refractivity contribution in [1.82, 2.24) is 4.90 Å². The number of anilines is 1. The van der Waals surface area contributed by atoms with Gasteiger partial charge >= 0.3 is 6.09 Å². The standard InChI is InChI=1S/C22H27N3O5S/c1-3-4-5-12-30-15-8-6-14(7-9-15)20(27)24-21-18(19(23)26)16-10-11-25(22(28)29-2)13-17(16)31-21/h6-9H,3-5,10-13H2,1-2H3,(H2,23,26)(H,24,27). The molecule has 3 rings (SSSR count). The number of thiophene rings is 1. The number of primary amides is 1. The predicted molar refractivity (Wildman–Crippen MR) is 119 cm³/mol. The normalized spacial score (nSPS) is 12.8. The molecule has 1 aromatic carbocycles. The summed E-state index contributed by atoms with van der Waals surface area (Å²) in [4.78, 5) is 39.0. The van der Waals surface area contributed by atoms with Crippen molar-refractivity contribution in [3.05, 3.63) is 45.8 Å². The number of rotatable bonds is 8. The van der Waals surface area contributed by atoms with E-state index in [0.29, 0.717) is 48.0 Å². The van der Waals surface area contributed by atoms with Gasteiger partial charge in [-0.1, -0.05) is 19.8 Å². The molecule has 3 amide bonds. The van der Waals surface area contributed by atoms with Gasteiger partial charge in [0.2, 0.25) is 0 Å². The fourth-order valence-electron chi connectivity index (χ4n) is 3.46. The summed E-state index contributed by atoms with van der Waals surface area (Å²) in [6, 6.07) is 6.87. The van der Waals surface area contributed by atoms with Crippen molar-refractivity contribution in [3.63, 3.8) is 0 Å². The molecular formula is C22H27N3O5S. The van der Waals surface area contributed by atoms with Crippen molar-refractivity contribution in [3.8, 4) is 5.75 Å². The summed E-state index contributed by atoms with van der Waals surface area (Å²) in [5.74, 6) is -0.237. The number of amides is 3. The number of unbranched alkanes of at least 4 members (excludes halogenated alkanes) is 2. The van der Waals surface area contributed by atoms with Crippen LogP contribution in [0.2, 0.25) is 0 Å². The molecule has 0 atom stereocenters. The lowest BCUT2D eigenvalue weighted by Crippen LogP contribution is -2.35. The van der Waals surface area contributed by atoms with E-state index >= 15 is 0 Å². The van der Waals surface area contributed by atoms with Crippen LogP contribution < -0.4 is 15.8 Å². The van der Waals surface area contributed by atoms with Crippen LogP contribution in [0.3, 0.4) is 0 Å². The number of carbonyl (C=O) groups excluding carboxylic acids is 3. The third-order valence-electron chi connectivity index (χ3n) is 5.10. The van der Waals surface area contributed by atoms with Crippen molar-refractivity contribution in [1.29, 1.82) is 0 Å². The number of nitrogens with zero attached hydrogens (tertiary/aromatic N) is 1. The van der Waals surface area contributed by atoms with E-state index in [1.807, 2.05) is 0 Å². The summed E-state index contributed by atoms with van der Waals surface area (Å²) in [6.07, 6.45) is 3.28. The third kappa shape index (κ3) is 5.35. The molecule has 1 aliphatic heterocycles. The second kappa shape index (κ2) is 10.3. The third-order valence-corrected chi connectivity index (χ3v) is 6.23. The fraction of sp³-hybridized carbons (Fsp3) is 0.409. The molecule has 9 heteroatoms. The molecule has 2 heterocycles. The zero-order valence-corrected chi connectivity index (χ0v) is 18.5. The lowest BCUT2D eigenvalue weighted by Gasteiger charge is -2.25. The summed E-state index contributed by atoms with van der Waals surface area (Å²) in [5, 5.41) is 3.20. The molecule has 166 valence electrons. The van der Waals surface area contributed by atoms with Gasteiger partial charge in [-0.15, -0.1) is 11.3 Å². The van der Waals surface area contributed by atoms with Crippen LogP contribution in [0.1, 0.15) is 57.3 Å². The number of fused-ring (bicyclic) bond motifs is 1. The second-order valence-corrected chi connectivity index (χ2v) is 8.35. The van der Waals surface area contributed by atoms with Crippen LogP contribution in [0.25, 0.3) is 0 Å². The predicted octanol–water partition coefficient (Wildman–Crippen LogP) is 3.79. The highest BCUT2D eigenvalue weighted by Gasteiger charge is 2.30. The first-order valence-electron chi connectivity index (χ1n) is 10.3. The van der Waals surface area contributed by atoms with Crippen LogP contribution in [0, 0.1) is 0 Å². The zero-order valence-electron chi connectivity index (χ0n) is 17.7. The molecule has 1 aliphatic rings. The molecule has 0 bridgehead atoms. The summed E-state index contributed by atoms with van der Waals surface area (Å²) in [5.41, 5.74) is 7.14. The number of methoxy groups -OCH3 is 1. The number of carbonyl (C=O) groups is 3. The highest BCUT2D eigenvalue weighted by Crippen LogP contribution is 2.37. The fourth-order valence-corrected chi connectivity index (χ4v) is 4.72. The average molecular weight is 446 g/mol. The molecule has 0 aliphatic carbocycles. The second-order valence-electron chi connectivity index (χ2n) is 7.25. The largest absolute Gasteiger partial charge is 0.494 e. The van der Waals surface area contributed by atoms with Gasteiger partial charge in [0.25, 0.3) is 11.8 Å². The molecule has 31 heavy (non-hydrogen) atoms. The molecule has 0 fully saturated rings. The molecule has 2 aromatic rings. The highest BCUT2D eigenvalue weighted by molar-refractivity contribution is 7.17. The topological polar surface area (TPSA) is 111 Å². The quantitative estimate of drug-likeness (QED) is 0.601. The summed E-state index contributed by atoms with van der Waals surface area (Å²) >= 11 is 1.26. The van der Waals surface area contributed by atoms with Crippen molar-refractivity contribution in [2.75, 3.05) is 25.6 Å². The van der Waals surface area contributed by atoms with Gasteiger partial charge in [0.05, 0.1) is 25.8 Å². The highest BCUT2D eigenvalue weighted by atomic mass is 32.1. The SMILES string of the molecule is CCCCCOc1ccc(C(=O)Nc2sc3c(c2C(N)=O)CCN(C(=O)OC)C3)cc1. The maximum Gasteiger partial charge on any atom is 0.409 e. The molecule has 0 spiro atoms. The van der Waals surface area contributed by atoms with Crippen molar-refractivity contribution in [2.24, 2.45) is 5.73 Å². The minimum atomic E-state index is -0.602. The van der Waals surface area contributed by atoms with E-state index in [1.165, 1.54) is 18.4 Å². The first-order valence-corrected chi connectivity index (χ1v) is 11.1. The number of hydrogen-bond donors (Lipinski definition) is 2. The van der Waals surface area contributed by atoms with Gasteiger partial charge in [-0.05, 0) is 42.7 Å². The van der Waals surface area contributed by atoms with Gasteiger partial charge < -0.3 is 25.4 Å². The van der Waals surface area contributed by atoms with Gasteiger partial charge in [0, 0.05) is 17.0 Å². The van der Waals surface area contributed by atoms with Gasteiger partial charge in [0.1, 0.15) is 10.8 Å². The molecule has 1 aromatic heterocycles. The van der Waals surface area contributed by atoms with E-state index in [-0.39, 0.29) is 5.91 Å². The van der Waals surface area contributed by atoms with Crippen LogP contribution in [0.15, 0.2) is 24.3 Å². The van der Waals surface area contributed by atoms with E-state index in [1.54, 1.807) is 29.2 Å². The van der Waals surface area contributed by atoms with E-state index in [2.05, 4.69) is 12.2 Å². The Morgan fingerprint density at radius 2 is 1.94 bits per heavy atom. The first-order chi connectivity index (χ1) is 14.9. The Labute approximate surface area is 185 Å². The van der Waals surface area contributed by atoms with Crippen molar-refractivity contribution >= 4 is 34.2 Å². The van der Waals surface area contributed by atoms with E-state index < -0.39 is 12.0 Å². The summed E-state index contributed by atoms with van der Waals surface area (Å²) < 4.78 is 10.4. The maximum absolute atomic E-state index is 12.7. The smallest absolute Gasteiger partial charge is 0.409 e. The van der Waals surface area contributed by atoms with Crippen molar-refractivity contribution in [2.45, 2.75) is 39.2 Å². The Bertz CT molecular complexity index is 955. The van der Waals surface area contributed by atoms with Gasteiger partial charge in [-0.25, -0.2) is 4.79 Å². The van der Waals surface area contributed by atoms with Crippen LogP contribution in [-0.2, 0) is 17.7 Å². The number of benzene rings is 1. The lowest BCUT2D eigenvalue weighted by atomic mass is 10.0. The Kier molecular flexibility index (Phi) is 7.51. The van der Waals surface area contributed by atoms with Crippen LogP contribution >= 0.6 is 11.3 Å². The first kappa shape index (κ1) is 22.6. The molecule has 0 radical (unpaired) electrons. The van der Waals surface area contributed by atoms with Crippen LogP contribution in [0.5, 0.6) is 5.75 Å². The molecule has 0 unspecified atom stereocenters. The van der Waals surface area contributed by atoms with E-state index in [9.17, 15) is 14.4 Å². The molecule has 8 nitrogen and oxygen atoms in total. The summed E-state index contributed by atoms with van der Waals surface area (Å²) in [6.45, 7) is 3.51. The minimum Gasteiger partial charge on any atom is -0.494 e. The van der Waals surface area contributed by atoms with Gasteiger partial charge in [0.15, 0.2) is 0 Å². The number of ether oxygens (including phenoxy) is 2.